The highest BCUT2D eigenvalue weighted by Crippen LogP contribution is 2.31. The summed E-state index contributed by atoms with van der Waals surface area (Å²) in [6.07, 6.45) is 1.78. The van der Waals surface area contributed by atoms with Gasteiger partial charge in [0.25, 0.3) is 5.91 Å². The van der Waals surface area contributed by atoms with Gasteiger partial charge in [-0.1, -0.05) is 36.4 Å². The molecule has 7 heteroatoms. The third-order valence-corrected chi connectivity index (χ3v) is 5.16. The van der Waals surface area contributed by atoms with Gasteiger partial charge < -0.3 is 14.6 Å². The molecule has 33 heavy (non-hydrogen) atoms. The Morgan fingerprint density at radius 3 is 2.42 bits per heavy atom. The van der Waals surface area contributed by atoms with Gasteiger partial charge >= 0.3 is 5.97 Å². The summed E-state index contributed by atoms with van der Waals surface area (Å²) >= 11 is 0. The number of carboxylic acids is 1. The molecule has 1 aliphatic rings. The lowest BCUT2D eigenvalue weighted by Gasteiger charge is -2.12. The van der Waals surface area contributed by atoms with Crippen LogP contribution in [0.3, 0.4) is 0 Å². The van der Waals surface area contributed by atoms with Crippen molar-refractivity contribution >= 4 is 29.4 Å². The zero-order chi connectivity index (χ0) is 23.4. The molecule has 0 unspecified atom stereocenters. The molecule has 1 N–H and O–H groups in total. The summed E-state index contributed by atoms with van der Waals surface area (Å²) in [6.45, 7) is 2.06. The van der Waals surface area contributed by atoms with Gasteiger partial charge in [-0.2, -0.15) is 10.1 Å². The van der Waals surface area contributed by atoms with Crippen LogP contribution in [-0.4, -0.2) is 29.8 Å². The van der Waals surface area contributed by atoms with E-state index in [1.165, 1.54) is 17.1 Å². The number of ether oxygens (including phenoxy) is 2. The molecule has 3 aromatic rings. The molecule has 0 saturated heterocycles. The molecular weight excluding hydrogens is 420 g/mol. The monoisotopic (exact) mass is 442 g/mol. The van der Waals surface area contributed by atoms with E-state index in [2.05, 4.69) is 5.10 Å². The van der Waals surface area contributed by atoms with Crippen LogP contribution in [-0.2, 0) is 11.4 Å². The van der Waals surface area contributed by atoms with E-state index in [1.807, 2.05) is 36.4 Å². The summed E-state index contributed by atoms with van der Waals surface area (Å²) in [4.78, 5) is 23.9. The van der Waals surface area contributed by atoms with E-state index in [-0.39, 0.29) is 18.1 Å². The molecule has 4 rings (SSSR count). The Labute approximate surface area is 191 Å². The van der Waals surface area contributed by atoms with Gasteiger partial charge in [-0.3, -0.25) is 4.79 Å². The fourth-order valence-electron chi connectivity index (χ4n) is 3.39. The highest BCUT2D eigenvalue weighted by Gasteiger charge is 2.28. The number of methoxy groups -OCH3 is 1. The van der Waals surface area contributed by atoms with Crippen molar-refractivity contribution < 1.29 is 24.2 Å². The standard InChI is InChI=1S/C26H22N2O5/c1-17-22(25(29)28(27-17)21-6-4-3-5-7-21)14-19-10-13-23(24(15-19)32-2)33-16-18-8-11-20(12-9-18)26(30)31/h3-15H,16H2,1-2H3,(H,30,31)/b22-14+. The largest absolute Gasteiger partial charge is 0.493 e. The maximum atomic E-state index is 12.9. The van der Waals surface area contributed by atoms with Gasteiger partial charge in [0, 0.05) is 0 Å². The second kappa shape index (κ2) is 9.40. The number of benzene rings is 3. The third-order valence-electron chi connectivity index (χ3n) is 5.16. The maximum absolute atomic E-state index is 12.9. The van der Waals surface area contributed by atoms with Gasteiger partial charge in [0.05, 0.1) is 29.6 Å². The van der Waals surface area contributed by atoms with Crippen molar-refractivity contribution in [2.45, 2.75) is 13.5 Å². The number of carbonyl (C=O) groups is 2. The molecule has 3 aromatic carbocycles. The minimum atomic E-state index is -0.971. The molecule has 0 atom stereocenters. The normalized spacial score (nSPS) is 14.4. The van der Waals surface area contributed by atoms with Crippen molar-refractivity contribution in [3.63, 3.8) is 0 Å². The van der Waals surface area contributed by atoms with Crippen molar-refractivity contribution in [2.75, 3.05) is 12.1 Å². The number of nitrogens with zero attached hydrogens (tertiary/aromatic N) is 2. The molecule has 0 aliphatic carbocycles. The number of para-hydroxylation sites is 1. The predicted molar refractivity (Wildman–Crippen MR) is 126 cm³/mol. The minimum Gasteiger partial charge on any atom is -0.493 e. The lowest BCUT2D eigenvalue weighted by Crippen LogP contribution is -2.21. The van der Waals surface area contributed by atoms with Crippen molar-refractivity contribution in [3.8, 4) is 11.5 Å². The average Bonchev–Trinajstić information content (AvgIpc) is 3.12. The summed E-state index contributed by atoms with van der Waals surface area (Å²) < 4.78 is 11.3. The number of carbonyl (C=O) groups excluding carboxylic acids is 1. The van der Waals surface area contributed by atoms with E-state index in [9.17, 15) is 9.59 Å². The summed E-state index contributed by atoms with van der Waals surface area (Å²) in [7, 11) is 1.55. The molecule has 0 saturated carbocycles. The van der Waals surface area contributed by atoms with Crippen LogP contribution in [0.5, 0.6) is 11.5 Å². The number of rotatable bonds is 7. The predicted octanol–water partition coefficient (Wildman–Crippen LogP) is 4.78. The maximum Gasteiger partial charge on any atom is 0.335 e. The first-order valence-electron chi connectivity index (χ1n) is 10.3. The zero-order valence-corrected chi connectivity index (χ0v) is 18.2. The van der Waals surface area contributed by atoms with E-state index in [1.54, 1.807) is 44.4 Å². The van der Waals surface area contributed by atoms with E-state index < -0.39 is 5.97 Å². The van der Waals surface area contributed by atoms with Crippen molar-refractivity contribution in [3.05, 3.63) is 95.1 Å². The molecule has 7 nitrogen and oxygen atoms in total. The summed E-state index contributed by atoms with van der Waals surface area (Å²) in [5.74, 6) is -0.105. The molecule has 0 bridgehead atoms. The topological polar surface area (TPSA) is 88.4 Å². The van der Waals surface area contributed by atoms with Gasteiger partial charge in [0.15, 0.2) is 11.5 Å². The van der Waals surface area contributed by atoms with Crippen LogP contribution in [0.15, 0.2) is 83.5 Å². The minimum absolute atomic E-state index is 0.192. The number of carboxylic acid groups (broad SMARTS) is 1. The lowest BCUT2D eigenvalue weighted by molar-refractivity contribution is -0.114. The van der Waals surface area contributed by atoms with Gasteiger partial charge in [-0.05, 0) is 60.5 Å². The lowest BCUT2D eigenvalue weighted by atomic mass is 10.1. The smallest absolute Gasteiger partial charge is 0.335 e. The van der Waals surface area contributed by atoms with Crippen LogP contribution in [0.1, 0.15) is 28.4 Å². The second-order valence-corrected chi connectivity index (χ2v) is 7.40. The van der Waals surface area contributed by atoms with Crippen molar-refractivity contribution in [1.82, 2.24) is 0 Å². The quantitative estimate of drug-likeness (QED) is 0.532. The molecule has 166 valence electrons. The number of aromatic carboxylic acids is 1. The summed E-state index contributed by atoms with van der Waals surface area (Å²) in [6, 6.07) is 21.2. The molecule has 1 amide bonds. The second-order valence-electron chi connectivity index (χ2n) is 7.40. The highest BCUT2D eigenvalue weighted by atomic mass is 16.5. The van der Waals surface area contributed by atoms with Crippen molar-refractivity contribution in [1.29, 1.82) is 0 Å². The Balaban J connectivity index is 1.51. The first-order valence-corrected chi connectivity index (χ1v) is 10.3. The zero-order valence-electron chi connectivity index (χ0n) is 18.2. The first kappa shape index (κ1) is 21.8. The molecule has 1 heterocycles. The van der Waals surface area contributed by atoms with Gasteiger partial charge in [-0.15, -0.1) is 0 Å². The number of amides is 1. The fourth-order valence-corrected chi connectivity index (χ4v) is 3.39. The average molecular weight is 442 g/mol. The summed E-state index contributed by atoms with van der Waals surface area (Å²) in [5.41, 5.74) is 3.68. The molecule has 1 aliphatic heterocycles. The third kappa shape index (κ3) is 4.77. The highest BCUT2D eigenvalue weighted by molar-refractivity contribution is 6.32. The number of hydrazone groups is 1. The molecule has 0 aromatic heterocycles. The Hall–Kier alpha value is -4.39. The van der Waals surface area contributed by atoms with Crippen LogP contribution >= 0.6 is 0 Å². The number of anilines is 1. The SMILES string of the molecule is COc1cc(/C=C2/C(=O)N(c3ccccc3)N=C2C)ccc1OCc1ccc(C(=O)O)cc1. The molecule has 0 radical (unpaired) electrons. The summed E-state index contributed by atoms with van der Waals surface area (Å²) in [5, 5.41) is 14.8. The number of hydrogen-bond donors (Lipinski definition) is 1. The molecular formula is C26H22N2O5. The van der Waals surface area contributed by atoms with E-state index in [0.717, 1.165) is 11.1 Å². The van der Waals surface area contributed by atoms with Crippen molar-refractivity contribution in [2.24, 2.45) is 5.10 Å². The van der Waals surface area contributed by atoms with Gasteiger partial charge in [-0.25, -0.2) is 4.79 Å². The Bertz CT molecular complexity index is 1250. The fraction of sp³-hybridized carbons (Fsp3) is 0.115. The van der Waals surface area contributed by atoms with E-state index in [4.69, 9.17) is 14.6 Å². The van der Waals surface area contributed by atoms with Crippen LogP contribution in [0.4, 0.5) is 5.69 Å². The Morgan fingerprint density at radius 1 is 1.03 bits per heavy atom. The number of hydrogen-bond acceptors (Lipinski definition) is 5. The molecule has 0 fully saturated rings. The first-order chi connectivity index (χ1) is 16.0. The van der Waals surface area contributed by atoms with Gasteiger partial charge in [0.1, 0.15) is 6.61 Å². The van der Waals surface area contributed by atoms with Gasteiger partial charge in [0.2, 0.25) is 0 Å². The van der Waals surface area contributed by atoms with Crippen LogP contribution < -0.4 is 14.5 Å². The van der Waals surface area contributed by atoms with E-state index >= 15 is 0 Å². The molecule has 0 spiro atoms. The van der Waals surface area contributed by atoms with Crippen LogP contribution in [0, 0.1) is 0 Å². The Morgan fingerprint density at radius 2 is 1.76 bits per heavy atom. The Kier molecular flexibility index (Phi) is 6.22. The van der Waals surface area contributed by atoms with E-state index in [0.29, 0.717) is 28.5 Å². The van der Waals surface area contributed by atoms with Crippen LogP contribution in [0.2, 0.25) is 0 Å². The van der Waals surface area contributed by atoms with Crippen LogP contribution in [0.25, 0.3) is 6.08 Å².